The minimum Gasteiger partial charge on any atom is -0.497 e. The Morgan fingerprint density at radius 2 is 2.35 bits per heavy atom. The molecule has 0 saturated carbocycles. The van der Waals surface area contributed by atoms with E-state index in [9.17, 15) is 4.79 Å². The lowest BCUT2D eigenvalue weighted by Gasteiger charge is -1.98. The third-order valence-electron chi connectivity index (χ3n) is 2.72. The minimum atomic E-state index is -0.357. The Balaban J connectivity index is 1.83. The first-order chi connectivity index (χ1) is 9.72. The lowest BCUT2D eigenvalue weighted by atomic mass is 10.2. The van der Waals surface area contributed by atoms with Crippen molar-refractivity contribution in [2.24, 2.45) is 0 Å². The molecule has 0 aliphatic rings. The second-order valence-corrected chi connectivity index (χ2v) is 5.20. The van der Waals surface area contributed by atoms with E-state index in [0.29, 0.717) is 18.1 Å². The van der Waals surface area contributed by atoms with E-state index in [1.807, 2.05) is 18.2 Å². The second kappa shape index (κ2) is 7.16. The average Bonchev–Trinajstić information content (AvgIpc) is 2.88. The molecule has 6 nitrogen and oxygen atoms in total. The monoisotopic (exact) mass is 296 g/mol. The molecule has 2 rings (SSSR count). The van der Waals surface area contributed by atoms with Gasteiger partial charge < -0.3 is 9.15 Å². The number of nitrogens with one attached hydrogen (secondary N) is 1. The van der Waals surface area contributed by atoms with Crippen molar-refractivity contribution in [2.75, 3.05) is 12.9 Å². The van der Waals surface area contributed by atoms with Crippen molar-refractivity contribution in [3.05, 3.63) is 18.2 Å². The van der Waals surface area contributed by atoms with Crippen LogP contribution in [0.5, 0.6) is 5.75 Å². The zero-order chi connectivity index (χ0) is 14.4. The predicted molar refractivity (Wildman–Crippen MR) is 75.1 cm³/mol. The number of carbonyl (C=O) groups excluding carboxylic acids is 1. The molecule has 0 spiro atoms. The van der Waals surface area contributed by atoms with Gasteiger partial charge >= 0.3 is 0 Å². The van der Waals surface area contributed by atoms with Gasteiger partial charge in [0.2, 0.25) is 5.91 Å². The van der Waals surface area contributed by atoms with Gasteiger partial charge in [0.25, 0.3) is 5.22 Å². The summed E-state index contributed by atoms with van der Waals surface area (Å²) in [7, 11) is 1.61. The van der Waals surface area contributed by atoms with E-state index in [0.717, 1.165) is 29.0 Å². The number of unbranched alkanes of at least 4 members (excludes halogenated alkanes) is 1. The Kier molecular flexibility index (Phi) is 5.25. The number of thioether (sulfide) groups is 1. The fourth-order valence-electron chi connectivity index (χ4n) is 1.68. The SMILES string of the molecule is COc1ccc2oc(SCCCCC(=O)NO)nc2c1. The molecular formula is C13H16N2O4S. The maximum atomic E-state index is 10.8. The highest BCUT2D eigenvalue weighted by Crippen LogP contribution is 2.26. The number of nitrogens with zero attached hydrogens (tertiary/aromatic N) is 1. The molecule has 7 heteroatoms. The number of rotatable bonds is 7. The molecular weight excluding hydrogens is 280 g/mol. The fourth-order valence-corrected chi connectivity index (χ4v) is 2.51. The third-order valence-corrected chi connectivity index (χ3v) is 3.64. The molecule has 2 aromatic rings. The third kappa shape index (κ3) is 3.88. The molecule has 0 atom stereocenters. The summed E-state index contributed by atoms with van der Waals surface area (Å²) in [4.78, 5) is 15.2. The topological polar surface area (TPSA) is 84.6 Å². The number of carbonyl (C=O) groups is 1. The van der Waals surface area contributed by atoms with Gasteiger partial charge in [-0.05, 0) is 25.0 Å². The molecule has 0 aliphatic heterocycles. The van der Waals surface area contributed by atoms with Crippen molar-refractivity contribution in [3.63, 3.8) is 0 Å². The van der Waals surface area contributed by atoms with Crippen LogP contribution in [-0.2, 0) is 4.79 Å². The highest BCUT2D eigenvalue weighted by atomic mass is 32.2. The van der Waals surface area contributed by atoms with Crippen molar-refractivity contribution >= 4 is 28.8 Å². The van der Waals surface area contributed by atoms with Gasteiger partial charge in [0.15, 0.2) is 5.58 Å². The van der Waals surface area contributed by atoms with Crippen molar-refractivity contribution < 1.29 is 19.2 Å². The van der Waals surface area contributed by atoms with Crippen LogP contribution < -0.4 is 10.2 Å². The smallest absolute Gasteiger partial charge is 0.256 e. The number of methoxy groups -OCH3 is 1. The summed E-state index contributed by atoms with van der Waals surface area (Å²) < 4.78 is 10.7. The number of hydroxylamine groups is 1. The van der Waals surface area contributed by atoms with Crippen LogP contribution in [-0.4, -0.2) is 29.0 Å². The van der Waals surface area contributed by atoms with E-state index in [-0.39, 0.29) is 5.91 Å². The van der Waals surface area contributed by atoms with Crippen LogP contribution in [0.3, 0.4) is 0 Å². The summed E-state index contributed by atoms with van der Waals surface area (Å²) in [6.07, 6.45) is 1.88. The summed E-state index contributed by atoms with van der Waals surface area (Å²) in [5.41, 5.74) is 3.11. The van der Waals surface area contributed by atoms with Crippen molar-refractivity contribution in [1.82, 2.24) is 10.5 Å². The number of oxazole rings is 1. The highest BCUT2D eigenvalue weighted by Gasteiger charge is 2.07. The summed E-state index contributed by atoms with van der Waals surface area (Å²) >= 11 is 1.51. The van der Waals surface area contributed by atoms with Gasteiger partial charge in [-0.15, -0.1) is 0 Å². The van der Waals surface area contributed by atoms with E-state index in [2.05, 4.69) is 4.98 Å². The van der Waals surface area contributed by atoms with E-state index in [1.54, 1.807) is 12.6 Å². The second-order valence-electron chi connectivity index (χ2n) is 4.15. The standard InChI is InChI=1S/C13H16N2O4S/c1-18-9-5-6-11-10(8-9)14-13(19-11)20-7-3-2-4-12(16)15-17/h5-6,8,17H,2-4,7H2,1H3,(H,15,16). The van der Waals surface area contributed by atoms with Gasteiger partial charge in [-0.1, -0.05) is 11.8 Å². The first-order valence-electron chi connectivity index (χ1n) is 6.23. The number of hydrogen-bond donors (Lipinski definition) is 2. The molecule has 1 aromatic heterocycles. The normalized spacial score (nSPS) is 10.7. The lowest BCUT2D eigenvalue weighted by Crippen LogP contribution is -2.17. The Labute approximate surface area is 120 Å². The van der Waals surface area contributed by atoms with Crippen molar-refractivity contribution in [2.45, 2.75) is 24.5 Å². The van der Waals surface area contributed by atoms with Crippen LogP contribution in [0.1, 0.15) is 19.3 Å². The first kappa shape index (κ1) is 14.7. The van der Waals surface area contributed by atoms with Crippen LogP contribution in [0.25, 0.3) is 11.1 Å². The van der Waals surface area contributed by atoms with Crippen molar-refractivity contribution in [1.29, 1.82) is 0 Å². The number of ether oxygens (including phenoxy) is 1. The maximum Gasteiger partial charge on any atom is 0.256 e. The summed E-state index contributed by atoms with van der Waals surface area (Å²) in [6, 6.07) is 5.49. The molecule has 0 bridgehead atoms. The molecule has 0 fully saturated rings. The molecule has 2 N–H and O–H groups in total. The number of benzene rings is 1. The molecule has 1 amide bonds. The minimum absolute atomic E-state index is 0.321. The van der Waals surface area contributed by atoms with Crippen LogP contribution in [0.4, 0.5) is 0 Å². The summed E-state index contributed by atoms with van der Waals surface area (Å²) in [5, 5.41) is 8.96. The van der Waals surface area contributed by atoms with E-state index >= 15 is 0 Å². The lowest BCUT2D eigenvalue weighted by molar-refractivity contribution is -0.129. The molecule has 20 heavy (non-hydrogen) atoms. The average molecular weight is 296 g/mol. The molecule has 1 aromatic carbocycles. The number of hydrogen-bond acceptors (Lipinski definition) is 6. The van der Waals surface area contributed by atoms with Gasteiger partial charge in [0, 0.05) is 18.2 Å². The Morgan fingerprint density at radius 3 is 3.10 bits per heavy atom. The van der Waals surface area contributed by atoms with E-state index in [1.165, 1.54) is 11.8 Å². The molecule has 0 saturated heterocycles. The van der Waals surface area contributed by atoms with Gasteiger partial charge in [0.05, 0.1) is 7.11 Å². The zero-order valence-corrected chi connectivity index (χ0v) is 11.9. The van der Waals surface area contributed by atoms with Gasteiger partial charge in [-0.25, -0.2) is 10.5 Å². The molecule has 0 radical (unpaired) electrons. The molecule has 1 heterocycles. The molecule has 0 unspecified atom stereocenters. The summed E-state index contributed by atoms with van der Waals surface area (Å²) in [5.74, 6) is 1.20. The van der Waals surface area contributed by atoms with Gasteiger partial charge in [-0.2, -0.15) is 0 Å². The Bertz CT molecular complexity index is 585. The van der Waals surface area contributed by atoms with Crippen LogP contribution in [0.2, 0.25) is 0 Å². The van der Waals surface area contributed by atoms with Crippen LogP contribution >= 0.6 is 11.8 Å². The van der Waals surface area contributed by atoms with Gasteiger partial charge in [-0.3, -0.25) is 10.0 Å². The Morgan fingerprint density at radius 1 is 1.50 bits per heavy atom. The first-order valence-corrected chi connectivity index (χ1v) is 7.22. The molecule has 0 aliphatic carbocycles. The largest absolute Gasteiger partial charge is 0.497 e. The number of aromatic nitrogens is 1. The number of amides is 1. The quantitative estimate of drug-likeness (QED) is 0.353. The zero-order valence-electron chi connectivity index (χ0n) is 11.1. The fraction of sp³-hybridized carbons (Fsp3) is 0.385. The predicted octanol–water partition coefficient (Wildman–Crippen LogP) is 2.60. The van der Waals surface area contributed by atoms with Crippen LogP contribution in [0.15, 0.2) is 27.8 Å². The van der Waals surface area contributed by atoms with Crippen molar-refractivity contribution in [3.8, 4) is 5.75 Å². The summed E-state index contributed by atoms with van der Waals surface area (Å²) in [6.45, 7) is 0. The number of fused-ring (bicyclic) bond motifs is 1. The van der Waals surface area contributed by atoms with E-state index in [4.69, 9.17) is 14.4 Å². The van der Waals surface area contributed by atoms with Gasteiger partial charge in [0.1, 0.15) is 11.3 Å². The van der Waals surface area contributed by atoms with E-state index < -0.39 is 0 Å². The highest BCUT2D eigenvalue weighted by molar-refractivity contribution is 7.99. The molecule has 108 valence electrons. The van der Waals surface area contributed by atoms with Crippen LogP contribution in [0, 0.1) is 0 Å². The Hall–Kier alpha value is -1.73. The maximum absolute atomic E-state index is 10.8.